The number of nitrogens with zero attached hydrogens (tertiary/aromatic N) is 4. The highest BCUT2D eigenvalue weighted by Gasteiger charge is 2.31. The molecule has 150 valence electrons. The van der Waals surface area contributed by atoms with Crippen molar-refractivity contribution in [2.24, 2.45) is 5.92 Å². The van der Waals surface area contributed by atoms with Crippen molar-refractivity contribution in [3.05, 3.63) is 35.7 Å². The molecule has 7 nitrogen and oxygen atoms in total. The van der Waals surface area contributed by atoms with Crippen LogP contribution in [-0.4, -0.2) is 63.9 Å². The third-order valence-corrected chi connectivity index (χ3v) is 6.46. The van der Waals surface area contributed by atoms with Crippen molar-refractivity contribution in [1.82, 2.24) is 19.7 Å². The molecule has 0 saturated carbocycles. The Balaban J connectivity index is 1.32. The first kappa shape index (κ1) is 19.4. The molecule has 0 spiro atoms. The molecule has 2 saturated heterocycles. The number of ether oxygens (including phenoxy) is 2. The van der Waals surface area contributed by atoms with Crippen molar-refractivity contribution in [3.8, 4) is 5.69 Å². The first-order chi connectivity index (χ1) is 13.6. The third-order valence-electron chi connectivity index (χ3n) is 5.53. The predicted molar refractivity (Wildman–Crippen MR) is 107 cm³/mol. The second-order valence-corrected chi connectivity index (χ2v) is 8.31. The molecule has 2 aromatic rings. The third kappa shape index (κ3) is 4.24. The van der Waals surface area contributed by atoms with E-state index in [1.165, 1.54) is 22.9 Å². The molecule has 0 atom stereocenters. The Kier molecular flexibility index (Phi) is 5.99. The predicted octanol–water partition coefficient (Wildman–Crippen LogP) is 2.59. The van der Waals surface area contributed by atoms with E-state index in [9.17, 15) is 4.79 Å². The van der Waals surface area contributed by atoms with Crippen LogP contribution in [0.1, 0.15) is 24.0 Å². The summed E-state index contributed by atoms with van der Waals surface area (Å²) in [5.41, 5.74) is 3.48. The summed E-state index contributed by atoms with van der Waals surface area (Å²) in [6, 6.07) is 6.25. The molecule has 0 N–H and O–H groups in total. The second kappa shape index (κ2) is 8.63. The summed E-state index contributed by atoms with van der Waals surface area (Å²) in [5, 5.41) is 8.97. The average molecular weight is 403 g/mol. The van der Waals surface area contributed by atoms with Gasteiger partial charge >= 0.3 is 0 Å². The van der Waals surface area contributed by atoms with Crippen LogP contribution in [0, 0.1) is 19.8 Å². The van der Waals surface area contributed by atoms with E-state index in [0.717, 1.165) is 36.8 Å². The molecule has 2 fully saturated rings. The molecule has 2 aliphatic heterocycles. The van der Waals surface area contributed by atoms with Gasteiger partial charge in [0.2, 0.25) is 5.91 Å². The second-order valence-electron chi connectivity index (χ2n) is 7.37. The highest BCUT2D eigenvalue weighted by atomic mass is 32.2. The highest BCUT2D eigenvalue weighted by molar-refractivity contribution is 7.99. The van der Waals surface area contributed by atoms with Crippen LogP contribution < -0.4 is 0 Å². The molecule has 2 aliphatic rings. The Morgan fingerprint density at radius 3 is 2.64 bits per heavy atom. The zero-order chi connectivity index (χ0) is 19.5. The summed E-state index contributed by atoms with van der Waals surface area (Å²) in [4.78, 5) is 14.6. The van der Waals surface area contributed by atoms with Gasteiger partial charge in [-0.15, -0.1) is 10.2 Å². The number of likely N-dealkylation sites (tertiary alicyclic amines) is 1. The van der Waals surface area contributed by atoms with E-state index in [4.69, 9.17) is 9.47 Å². The maximum Gasteiger partial charge on any atom is 0.233 e. The first-order valence-electron chi connectivity index (χ1n) is 9.73. The molecule has 0 unspecified atom stereocenters. The number of piperidine rings is 1. The van der Waals surface area contributed by atoms with Gasteiger partial charge in [0, 0.05) is 24.7 Å². The van der Waals surface area contributed by atoms with Crippen LogP contribution in [0.15, 0.2) is 29.7 Å². The average Bonchev–Trinajstić information content (AvgIpc) is 3.40. The lowest BCUT2D eigenvalue weighted by Gasteiger charge is -2.33. The fourth-order valence-electron chi connectivity index (χ4n) is 3.66. The van der Waals surface area contributed by atoms with Crippen molar-refractivity contribution < 1.29 is 14.3 Å². The zero-order valence-corrected chi connectivity index (χ0v) is 17.2. The topological polar surface area (TPSA) is 69.5 Å². The van der Waals surface area contributed by atoms with E-state index in [2.05, 4.69) is 42.2 Å². The SMILES string of the molecule is Cc1ccc(-n2cnnc2SCC(=O)N2CCC(C3OCCO3)CC2)cc1C. The lowest BCUT2D eigenvalue weighted by atomic mass is 9.96. The number of amides is 1. The highest BCUT2D eigenvalue weighted by Crippen LogP contribution is 2.27. The van der Waals surface area contributed by atoms with E-state index >= 15 is 0 Å². The van der Waals surface area contributed by atoms with Crippen LogP contribution >= 0.6 is 11.8 Å². The Labute approximate surface area is 169 Å². The number of aryl methyl sites for hydroxylation is 2. The van der Waals surface area contributed by atoms with Crippen molar-refractivity contribution in [2.45, 2.75) is 38.1 Å². The van der Waals surface area contributed by atoms with Crippen LogP contribution in [0.3, 0.4) is 0 Å². The Bertz CT molecular complexity index is 827. The van der Waals surface area contributed by atoms with Crippen LogP contribution in [0.5, 0.6) is 0 Å². The van der Waals surface area contributed by atoms with Gasteiger partial charge in [-0.1, -0.05) is 17.8 Å². The normalized spacial score (nSPS) is 18.7. The van der Waals surface area contributed by atoms with E-state index in [0.29, 0.717) is 24.9 Å². The quantitative estimate of drug-likeness (QED) is 0.716. The van der Waals surface area contributed by atoms with E-state index in [1.54, 1.807) is 6.33 Å². The van der Waals surface area contributed by atoms with Crippen LogP contribution in [0.4, 0.5) is 0 Å². The molecular weight excluding hydrogens is 376 g/mol. The van der Waals surface area contributed by atoms with Gasteiger partial charge in [0.15, 0.2) is 11.4 Å². The summed E-state index contributed by atoms with van der Waals surface area (Å²) in [6.07, 6.45) is 3.48. The van der Waals surface area contributed by atoms with Crippen molar-refractivity contribution in [3.63, 3.8) is 0 Å². The van der Waals surface area contributed by atoms with E-state index < -0.39 is 0 Å². The standard InChI is InChI=1S/C20H26N4O3S/c1-14-3-4-17(11-15(14)2)24-13-21-22-20(24)28-12-18(25)23-7-5-16(6-8-23)19-26-9-10-27-19/h3-4,11,13,16,19H,5-10,12H2,1-2H3. The summed E-state index contributed by atoms with van der Waals surface area (Å²) >= 11 is 1.44. The van der Waals surface area contributed by atoms with Gasteiger partial charge in [-0.05, 0) is 49.9 Å². The summed E-state index contributed by atoms with van der Waals surface area (Å²) < 4.78 is 13.2. The molecule has 4 rings (SSSR count). The Hall–Kier alpha value is -1.90. The minimum absolute atomic E-state index is 0.0804. The number of rotatable bonds is 5. The number of carbonyl (C=O) groups is 1. The maximum atomic E-state index is 12.7. The molecule has 0 bridgehead atoms. The molecule has 1 aromatic heterocycles. The Morgan fingerprint density at radius 2 is 1.93 bits per heavy atom. The number of aromatic nitrogens is 3. The molecule has 0 radical (unpaired) electrons. The molecule has 1 aromatic carbocycles. The first-order valence-corrected chi connectivity index (χ1v) is 10.7. The number of carbonyl (C=O) groups excluding carboxylic acids is 1. The largest absolute Gasteiger partial charge is 0.350 e. The molecule has 8 heteroatoms. The fraction of sp³-hybridized carbons (Fsp3) is 0.550. The van der Waals surface area contributed by atoms with E-state index in [-0.39, 0.29) is 12.2 Å². The maximum absolute atomic E-state index is 12.7. The summed E-state index contributed by atoms with van der Waals surface area (Å²) in [7, 11) is 0. The van der Waals surface area contributed by atoms with Gasteiger partial charge in [0.1, 0.15) is 6.33 Å². The van der Waals surface area contributed by atoms with Crippen LogP contribution in [0.2, 0.25) is 0 Å². The van der Waals surface area contributed by atoms with Crippen molar-refractivity contribution >= 4 is 17.7 Å². The minimum atomic E-state index is -0.0804. The van der Waals surface area contributed by atoms with Crippen LogP contribution in [-0.2, 0) is 14.3 Å². The molecule has 3 heterocycles. The van der Waals surface area contributed by atoms with Gasteiger partial charge in [-0.2, -0.15) is 0 Å². The van der Waals surface area contributed by atoms with Crippen molar-refractivity contribution in [2.75, 3.05) is 32.1 Å². The number of thioether (sulfide) groups is 1. The number of hydrogen-bond donors (Lipinski definition) is 0. The Morgan fingerprint density at radius 1 is 1.18 bits per heavy atom. The van der Waals surface area contributed by atoms with Gasteiger partial charge in [0.25, 0.3) is 0 Å². The van der Waals surface area contributed by atoms with E-state index in [1.807, 2.05) is 9.47 Å². The summed E-state index contributed by atoms with van der Waals surface area (Å²) in [5.74, 6) is 0.906. The molecule has 28 heavy (non-hydrogen) atoms. The van der Waals surface area contributed by atoms with Crippen LogP contribution in [0.25, 0.3) is 5.69 Å². The molecule has 1 amide bonds. The monoisotopic (exact) mass is 402 g/mol. The number of benzene rings is 1. The summed E-state index contributed by atoms with van der Waals surface area (Å²) in [6.45, 7) is 7.07. The minimum Gasteiger partial charge on any atom is -0.350 e. The number of hydrogen-bond acceptors (Lipinski definition) is 6. The smallest absolute Gasteiger partial charge is 0.233 e. The molecular formula is C20H26N4O3S. The lowest BCUT2D eigenvalue weighted by Crippen LogP contribution is -2.42. The molecule has 0 aliphatic carbocycles. The van der Waals surface area contributed by atoms with Gasteiger partial charge in [-0.3, -0.25) is 9.36 Å². The zero-order valence-electron chi connectivity index (χ0n) is 16.3. The fourth-order valence-corrected chi connectivity index (χ4v) is 4.49. The van der Waals surface area contributed by atoms with Gasteiger partial charge < -0.3 is 14.4 Å². The van der Waals surface area contributed by atoms with Gasteiger partial charge in [0.05, 0.1) is 19.0 Å². The van der Waals surface area contributed by atoms with Crippen molar-refractivity contribution in [1.29, 1.82) is 0 Å². The van der Waals surface area contributed by atoms with Gasteiger partial charge in [-0.25, -0.2) is 0 Å². The lowest BCUT2D eigenvalue weighted by molar-refractivity contribution is -0.134.